The highest BCUT2D eigenvalue weighted by Crippen LogP contribution is 2.36. The Balaban J connectivity index is 4.00. The van der Waals surface area contributed by atoms with Crippen molar-refractivity contribution in [2.75, 3.05) is 6.61 Å². The normalized spacial score (nSPS) is 13.5. The van der Waals surface area contributed by atoms with Crippen molar-refractivity contribution in [3.8, 4) is 0 Å². The van der Waals surface area contributed by atoms with Gasteiger partial charge in [-0.2, -0.15) is 0 Å². The van der Waals surface area contributed by atoms with Crippen LogP contribution < -0.4 is 0 Å². The molecule has 0 aromatic heterocycles. The number of ether oxygens (including phenoxy) is 1. The summed E-state index contributed by atoms with van der Waals surface area (Å²) in [5, 5.41) is 0.305. The third kappa shape index (κ3) is 29.0. The summed E-state index contributed by atoms with van der Waals surface area (Å²) in [4.78, 5) is 12.6. The summed E-state index contributed by atoms with van der Waals surface area (Å²) in [5.74, 6) is 0.00860. The van der Waals surface area contributed by atoms with Gasteiger partial charge in [0, 0.05) is 19.4 Å². The summed E-state index contributed by atoms with van der Waals surface area (Å²) < 4.78 is 12.3. The van der Waals surface area contributed by atoms with Crippen LogP contribution in [0.4, 0.5) is 0 Å². The lowest BCUT2D eigenvalue weighted by atomic mass is 10.1. The van der Waals surface area contributed by atoms with E-state index in [9.17, 15) is 4.79 Å². The van der Waals surface area contributed by atoms with Crippen molar-refractivity contribution < 1.29 is 14.0 Å². The van der Waals surface area contributed by atoms with E-state index >= 15 is 0 Å². The number of allylic oxidation sites excluding steroid dienone is 5. The summed E-state index contributed by atoms with van der Waals surface area (Å²) in [6, 6.07) is 0. The van der Waals surface area contributed by atoms with Gasteiger partial charge < -0.3 is 9.16 Å². The number of hydrogen-bond donors (Lipinski definition) is 0. The molecule has 0 aromatic carbocycles. The van der Waals surface area contributed by atoms with Gasteiger partial charge in [0.2, 0.25) is 0 Å². The second kappa shape index (κ2) is 31.2. The molecule has 0 fully saturated rings. The van der Waals surface area contributed by atoms with Gasteiger partial charge >= 0.3 is 5.97 Å². The molecule has 3 nitrogen and oxygen atoms in total. The maximum Gasteiger partial charge on any atom is 0.306 e. The lowest BCUT2D eigenvalue weighted by Crippen LogP contribution is -2.40. The molecule has 1 atom stereocenters. The zero-order valence-corrected chi connectivity index (χ0v) is 33.2. The van der Waals surface area contributed by atoms with Gasteiger partial charge in [0.25, 0.3) is 0 Å². The van der Waals surface area contributed by atoms with Crippen LogP contribution in [0.2, 0.25) is 18.1 Å². The minimum atomic E-state index is -1.59. The van der Waals surface area contributed by atoms with Crippen LogP contribution in [0.15, 0.2) is 36.5 Å². The SMILES string of the molecule is CCCCC/C=C\C/C=C\CCCCCCCC(=O)OC(CC=CCCCCCCCCO[Si](C)(C)C(C)(C)C)CCCCCC. The first-order chi connectivity index (χ1) is 22.1. The molecular weight excluding hydrogens is 581 g/mol. The molecule has 0 saturated heterocycles. The highest BCUT2D eigenvalue weighted by molar-refractivity contribution is 6.74. The van der Waals surface area contributed by atoms with Crippen LogP contribution in [0.25, 0.3) is 0 Å². The standard InChI is InChI=1S/C42H80O3Si/c1-8-10-12-14-15-16-17-18-19-20-21-24-27-30-34-38-41(43)45-40(36-32-13-11-9-2)37-33-29-26-23-22-25-28-31-35-39-44-46(6,7)42(3,4)5/h15-16,18-19,29,33,40H,8-14,17,20-28,30-32,34-39H2,1-7H3/b16-15-,19-18-,33-29?. The van der Waals surface area contributed by atoms with Gasteiger partial charge in [-0.1, -0.05) is 148 Å². The van der Waals surface area contributed by atoms with Gasteiger partial charge in [-0.25, -0.2) is 0 Å². The van der Waals surface area contributed by atoms with E-state index in [1.807, 2.05) is 0 Å². The number of rotatable bonds is 32. The summed E-state index contributed by atoms with van der Waals surface area (Å²) in [5.41, 5.74) is 0. The molecule has 1 unspecified atom stereocenters. The molecule has 0 saturated carbocycles. The van der Waals surface area contributed by atoms with E-state index in [-0.39, 0.29) is 12.1 Å². The van der Waals surface area contributed by atoms with Crippen molar-refractivity contribution in [3.05, 3.63) is 36.5 Å². The minimum Gasteiger partial charge on any atom is -0.462 e. The average molecular weight is 661 g/mol. The molecular formula is C42H80O3Si. The molecule has 0 rings (SSSR count). The zero-order chi connectivity index (χ0) is 34.2. The van der Waals surface area contributed by atoms with Gasteiger partial charge in [0.15, 0.2) is 8.32 Å². The van der Waals surface area contributed by atoms with Gasteiger partial charge in [0.1, 0.15) is 6.10 Å². The highest BCUT2D eigenvalue weighted by atomic mass is 28.4. The number of hydrogen-bond acceptors (Lipinski definition) is 3. The Morgan fingerprint density at radius 2 is 1.09 bits per heavy atom. The molecule has 0 heterocycles. The molecule has 0 bridgehead atoms. The number of carbonyl (C=O) groups is 1. The molecule has 0 aliphatic carbocycles. The van der Waals surface area contributed by atoms with Crippen molar-refractivity contribution >= 4 is 14.3 Å². The summed E-state index contributed by atoms with van der Waals surface area (Å²) >= 11 is 0. The van der Waals surface area contributed by atoms with Crippen LogP contribution >= 0.6 is 0 Å². The van der Waals surface area contributed by atoms with Gasteiger partial charge in [0.05, 0.1) is 0 Å². The number of esters is 1. The van der Waals surface area contributed by atoms with Gasteiger partial charge in [-0.3, -0.25) is 4.79 Å². The fourth-order valence-electron chi connectivity index (χ4n) is 5.33. The predicted molar refractivity (Wildman–Crippen MR) is 207 cm³/mol. The first-order valence-corrected chi connectivity index (χ1v) is 22.8. The van der Waals surface area contributed by atoms with Crippen molar-refractivity contribution in [2.45, 2.75) is 219 Å². The third-order valence-corrected chi connectivity index (χ3v) is 14.1. The second-order valence-electron chi connectivity index (χ2n) is 15.2. The lowest BCUT2D eigenvalue weighted by molar-refractivity contribution is -0.149. The van der Waals surface area contributed by atoms with Crippen LogP contribution in [0.1, 0.15) is 195 Å². The van der Waals surface area contributed by atoms with E-state index in [0.717, 1.165) is 51.6 Å². The van der Waals surface area contributed by atoms with Gasteiger partial charge in [-0.05, 0) is 88.8 Å². The first kappa shape index (κ1) is 44.9. The Hall–Kier alpha value is -1.13. The Kier molecular flexibility index (Phi) is 30.4. The van der Waals surface area contributed by atoms with E-state index < -0.39 is 8.32 Å². The summed E-state index contributed by atoms with van der Waals surface area (Å²) in [7, 11) is -1.59. The van der Waals surface area contributed by atoms with Crippen LogP contribution in [0.3, 0.4) is 0 Å². The molecule has 0 spiro atoms. The van der Waals surface area contributed by atoms with E-state index in [0.29, 0.717) is 11.5 Å². The monoisotopic (exact) mass is 661 g/mol. The van der Waals surface area contributed by atoms with Crippen molar-refractivity contribution in [1.29, 1.82) is 0 Å². The van der Waals surface area contributed by atoms with Crippen molar-refractivity contribution in [2.24, 2.45) is 0 Å². The Labute approximate surface area is 290 Å². The van der Waals surface area contributed by atoms with Crippen LogP contribution in [0.5, 0.6) is 0 Å². The second-order valence-corrected chi connectivity index (χ2v) is 20.0. The molecule has 0 aromatic rings. The topological polar surface area (TPSA) is 35.5 Å². The Morgan fingerprint density at radius 1 is 0.609 bits per heavy atom. The highest BCUT2D eigenvalue weighted by Gasteiger charge is 2.36. The number of unbranched alkanes of at least 4 members (excludes halogenated alkanes) is 17. The van der Waals surface area contributed by atoms with Crippen LogP contribution in [-0.4, -0.2) is 27.0 Å². The molecule has 0 aliphatic rings. The largest absolute Gasteiger partial charge is 0.462 e. The summed E-state index contributed by atoms with van der Waals surface area (Å²) in [6.07, 6.45) is 43.3. The number of carbonyl (C=O) groups excluding carboxylic acids is 1. The molecule has 270 valence electrons. The van der Waals surface area contributed by atoms with E-state index in [1.54, 1.807) is 0 Å². The predicted octanol–water partition coefficient (Wildman–Crippen LogP) is 14.4. The molecule has 0 N–H and O–H groups in total. The Bertz CT molecular complexity index is 761. The molecule has 46 heavy (non-hydrogen) atoms. The third-order valence-electron chi connectivity index (χ3n) is 9.61. The molecule has 0 amide bonds. The fourth-order valence-corrected chi connectivity index (χ4v) is 6.42. The first-order valence-electron chi connectivity index (χ1n) is 19.9. The van der Waals surface area contributed by atoms with Crippen LogP contribution in [-0.2, 0) is 14.0 Å². The van der Waals surface area contributed by atoms with E-state index in [4.69, 9.17) is 9.16 Å². The quantitative estimate of drug-likeness (QED) is 0.0312. The molecule has 0 radical (unpaired) electrons. The molecule has 4 heteroatoms. The van der Waals surface area contributed by atoms with E-state index in [1.165, 1.54) is 109 Å². The minimum absolute atomic E-state index is 0.00860. The molecule has 0 aliphatic heterocycles. The Morgan fingerprint density at radius 3 is 1.67 bits per heavy atom. The maximum atomic E-state index is 12.6. The van der Waals surface area contributed by atoms with Crippen LogP contribution in [0, 0.1) is 0 Å². The zero-order valence-electron chi connectivity index (χ0n) is 32.2. The lowest BCUT2D eigenvalue weighted by Gasteiger charge is -2.36. The van der Waals surface area contributed by atoms with Crippen molar-refractivity contribution in [3.63, 3.8) is 0 Å². The van der Waals surface area contributed by atoms with E-state index in [2.05, 4.69) is 84.2 Å². The fraction of sp³-hybridized carbons (Fsp3) is 0.833. The maximum absolute atomic E-state index is 12.6. The smallest absolute Gasteiger partial charge is 0.306 e. The van der Waals surface area contributed by atoms with Gasteiger partial charge in [-0.15, -0.1) is 0 Å². The summed E-state index contributed by atoms with van der Waals surface area (Å²) in [6.45, 7) is 17.1. The average Bonchev–Trinajstić information content (AvgIpc) is 3.00. The van der Waals surface area contributed by atoms with Crippen molar-refractivity contribution in [1.82, 2.24) is 0 Å².